The van der Waals surface area contributed by atoms with E-state index < -0.39 is 0 Å². The van der Waals surface area contributed by atoms with Gasteiger partial charge in [-0.05, 0) is 57.8 Å². The summed E-state index contributed by atoms with van der Waals surface area (Å²) in [5.41, 5.74) is 2.02. The Balaban J connectivity index is 1.53. The lowest BCUT2D eigenvalue weighted by Gasteiger charge is -2.32. The van der Waals surface area contributed by atoms with Gasteiger partial charge in [-0.15, -0.1) is 0 Å². The van der Waals surface area contributed by atoms with Crippen LogP contribution in [0.1, 0.15) is 76.7 Å². The first kappa shape index (κ1) is 26.5. The average Bonchev–Trinajstić information content (AvgIpc) is 2.86. The topological polar surface area (TPSA) is 104 Å². The van der Waals surface area contributed by atoms with E-state index in [9.17, 15) is 9.90 Å². The SMILES string of the molecule is CCCC(C)Nc1ncc2c(OC3CCN(CC(=O)N(C)C)CC3)ncc(C3CCC(O)CC3)c2n1. The number of fused-ring (bicyclic) bond motifs is 1. The van der Waals surface area contributed by atoms with Crippen LogP contribution in [0.3, 0.4) is 0 Å². The van der Waals surface area contributed by atoms with Gasteiger partial charge in [-0.1, -0.05) is 13.3 Å². The Morgan fingerprint density at radius 3 is 2.56 bits per heavy atom. The molecule has 36 heavy (non-hydrogen) atoms. The summed E-state index contributed by atoms with van der Waals surface area (Å²) in [6.45, 7) is 6.43. The van der Waals surface area contributed by atoms with Crippen molar-refractivity contribution in [1.82, 2.24) is 24.8 Å². The van der Waals surface area contributed by atoms with Crippen LogP contribution < -0.4 is 10.1 Å². The predicted octanol–water partition coefficient (Wildman–Crippen LogP) is 3.58. The molecule has 2 aliphatic rings. The molecule has 9 heteroatoms. The molecule has 2 N–H and O–H groups in total. The number of likely N-dealkylation sites (tertiary alicyclic amines) is 1. The van der Waals surface area contributed by atoms with Gasteiger partial charge in [-0.25, -0.2) is 15.0 Å². The van der Waals surface area contributed by atoms with Crippen molar-refractivity contribution in [2.24, 2.45) is 0 Å². The number of nitrogens with one attached hydrogen (secondary N) is 1. The van der Waals surface area contributed by atoms with Crippen molar-refractivity contribution in [2.75, 3.05) is 39.0 Å². The number of amides is 1. The molecule has 1 unspecified atom stereocenters. The number of hydrogen-bond donors (Lipinski definition) is 2. The number of aliphatic hydroxyl groups is 1. The zero-order valence-corrected chi connectivity index (χ0v) is 22.2. The molecule has 1 atom stereocenters. The summed E-state index contributed by atoms with van der Waals surface area (Å²) in [5.74, 6) is 1.67. The van der Waals surface area contributed by atoms with Crippen LogP contribution in [0.5, 0.6) is 5.88 Å². The third-order valence-corrected chi connectivity index (χ3v) is 7.52. The quantitative estimate of drug-likeness (QED) is 0.541. The van der Waals surface area contributed by atoms with Crippen molar-refractivity contribution < 1.29 is 14.6 Å². The van der Waals surface area contributed by atoms with Crippen LogP contribution in [0.4, 0.5) is 5.95 Å². The van der Waals surface area contributed by atoms with Crippen molar-refractivity contribution in [3.05, 3.63) is 18.0 Å². The summed E-state index contributed by atoms with van der Waals surface area (Å²) in [4.78, 5) is 30.2. The molecular weight excluding hydrogens is 456 g/mol. The summed E-state index contributed by atoms with van der Waals surface area (Å²) >= 11 is 0. The van der Waals surface area contributed by atoms with E-state index in [-0.39, 0.29) is 18.1 Å². The number of anilines is 1. The minimum absolute atomic E-state index is 0.0458. The maximum atomic E-state index is 12.1. The van der Waals surface area contributed by atoms with E-state index in [4.69, 9.17) is 14.7 Å². The second-order valence-electron chi connectivity index (χ2n) is 10.7. The smallest absolute Gasteiger partial charge is 0.236 e. The summed E-state index contributed by atoms with van der Waals surface area (Å²) in [6, 6.07) is 0.294. The van der Waals surface area contributed by atoms with Crippen LogP contribution in [0.25, 0.3) is 10.9 Å². The van der Waals surface area contributed by atoms with Crippen LogP contribution >= 0.6 is 0 Å². The summed E-state index contributed by atoms with van der Waals surface area (Å²) in [5, 5.41) is 14.3. The van der Waals surface area contributed by atoms with Gasteiger partial charge in [0.15, 0.2) is 0 Å². The minimum atomic E-state index is -0.205. The number of aromatic nitrogens is 3. The van der Waals surface area contributed by atoms with Crippen LogP contribution in [0.15, 0.2) is 12.4 Å². The molecule has 0 aromatic carbocycles. The number of likely N-dealkylation sites (N-methyl/N-ethyl adjacent to an activating group) is 1. The summed E-state index contributed by atoms with van der Waals surface area (Å²) in [7, 11) is 3.59. The molecule has 0 radical (unpaired) electrons. The van der Waals surface area contributed by atoms with Crippen LogP contribution in [-0.2, 0) is 4.79 Å². The molecule has 4 rings (SSSR count). The predicted molar refractivity (Wildman–Crippen MR) is 141 cm³/mol. The second-order valence-corrected chi connectivity index (χ2v) is 10.7. The molecule has 2 aromatic heterocycles. The first-order valence-electron chi connectivity index (χ1n) is 13.5. The van der Waals surface area contributed by atoms with E-state index in [1.165, 1.54) is 0 Å². The van der Waals surface area contributed by atoms with Gasteiger partial charge in [-0.2, -0.15) is 0 Å². The fourth-order valence-electron chi connectivity index (χ4n) is 5.27. The third kappa shape index (κ3) is 6.62. The van der Waals surface area contributed by atoms with E-state index >= 15 is 0 Å². The second kappa shape index (κ2) is 12.1. The first-order chi connectivity index (χ1) is 17.3. The van der Waals surface area contributed by atoms with Crippen LogP contribution in [0.2, 0.25) is 0 Å². The molecule has 0 bridgehead atoms. The molecule has 2 fully saturated rings. The highest BCUT2D eigenvalue weighted by Gasteiger charge is 2.27. The molecule has 1 aliphatic heterocycles. The van der Waals surface area contributed by atoms with Gasteiger partial charge in [0.25, 0.3) is 0 Å². The van der Waals surface area contributed by atoms with Crippen molar-refractivity contribution >= 4 is 22.8 Å². The van der Waals surface area contributed by atoms with Crippen LogP contribution in [0, 0.1) is 0 Å². The van der Waals surface area contributed by atoms with Gasteiger partial charge in [-0.3, -0.25) is 9.69 Å². The number of carbonyl (C=O) groups excluding carboxylic acids is 1. The molecule has 1 amide bonds. The Labute approximate surface area is 214 Å². The normalized spacial score (nSPS) is 22.4. The number of hydrogen-bond acceptors (Lipinski definition) is 8. The van der Waals surface area contributed by atoms with Crippen molar-refractivity contribution in [1.29, 1.82) is 0 Å². The average molecular weight is 499 g/mol. The van der Waals surface area contributed by atoms with Gasteiger partial charge >= 0.3 is 0 Å². The number of pyridine rings is 1. The monoisotopic (exact) mass is 498 g/mol. The first-order valence-corrected chi connectivity index (χ1v) is 13.5. The number of nitrogens with zero attached hydrogens (tertiary/aromatic N) is 5. The lowest BCUT2D eigenvalue weighted by atomic mass is 9.83. The molecule has 1 aliphatic carbocycles. The van der Waals surface area contributed by atoms with E-state index in [0.29, 0.717) is 30.3 Å². The van der Waals surface area contributed by atoms with Gasteiger partial charge in [0.2, 0.25) is 17.7 Å². The Morgan fingerprint density at radius 2 is 1.89 bits per heavy atom. The number of carbonyl (C=O) groups is 1. The Bertz CT molecular complexity index is 1020. The van der Waals surface area contributed by atoms with Gasteiger partial charge < -0.3 is 20.1 Å². The fraction of sp³-hybridized carbons (Fsp3) is 0.704. The molecule has 2 aromatic rings. The van der Waals surface area contributed by atoms with E-state index in [1.807, 2.05) is 12.4 Å². The molecule has 198 valence electrons. The van der Waals surface area contributed by atoms with Gasteiger partial charge in [0.05, 0.1) is 23.6 Å². The van der Waals surface area contributed by atoms with Crippen molar-refractivity contribution in [2.45, 2.75) is 89.4 Å². The van der Waals surface area contributed by atoms with Crippen molar-refractivity contribution in [3.8, 4) is 5.88 Å². The van der Waals surface area contributed by atoms with Crippen LogP contribution in [-0.4, -0.2) is 87.7 Å². The highest BCUT2D eigenvalue weighted by Crippen LogP contribution is 2.38. The number of rotatable bonds is 9. The number of piperidine rings is 1. The zero-order chi connectivity index (χ0) is 25.7. The third-order valence-electron chi connectivity index (χ3n) is 7.52. The van der Waals surface area contributed by atoms with Crippen molar-refractivity contribution in [3.63, 3.8) is 0 Å². The molecule has 3 heterocycles. The maximum absolute atomic E-state index is 12.1. The summed E-state index contributed by atoms with van der Waals surface area (Å²) in [6.07, 6.45) is 10.9. The summed E-state index contributed by atoms with van der Waals surface area (Å²) < 4.78 is 6.41. The molecule has 1 saturated heterocycles. The minimum Gasteiger partial charge on any atom is -0.474 e. The van der Waals surface area contributed by atoms with E-state index in [1.54, 1.807) is 19.0 Å². The molecular formula is C27H42N6O3. The maximum Gasteiger partial charge on any atom is 0.236 e. The highest BCUT2D eigenvalue weighted by atomic mass is 16.5. The molecule has 0 spiro atoms. The largest absolute Gasteiger partial charge is 0.474 e. The Kier molecular flexibility index (Phi) is 8.95. The molecule has 1 saturated carbocycles. The van der Waals surface area contributed by atoms with E-state index in [2.05, 4.69) is 29.0 Å². The number of aliphatic hydroxyl groups excluding tert-OH is 1. The van der Waals surface area contributed by atoms with Gasteiger partial charge in [0.1, 0.15) is 6.10 Å². The Hall–Kier alpha value is -2.52. The lowest BCUT2D eigenvalue weighted by Crippen LogP contribution is -2.43. The zero-order valence-electron chi connectivity index (χ0n) is 22.2. The number of ether oxygens (including phenoxy) is 1. The standard InChI is InChI=1S/C27H42N6O3/c1-5-6-18(2)30-27-29-16-23-25(31-27)22(19-7-9-20(34)10-8-19)15-28-26(23)36-21-11-13-33(14-12-21)17-24(35)32(3)4/h15-16,18-21,34H,5-14,17H2,1-4H3,(H,29,30,31). The Morgan fingerprint density at radius 1 is 1.17 bits per heavy atom. The van der Waals surface area contributed by atoms with E-state index in [0.717, 1.165) is 80.9 Å². The fourth-order valence-corrected chi connectivity index (χ4v) is 5.27. The molecule has 9 nitrogen and oxygen atoms in total. The highest BCUT2D eigenvalue weighted by molar-refractivity contribution is 5.86. The lowest BCUT2D eigenvalue weighted by molar-refractivity contribution is -0.130. The van der Waals surface area contributed by atoms with Gasteiger partial charge in [0, 0.05) is 51.2 Å².